The molecule has 2 saturated heterocycles. The zero-order valence-electron chi connectivity index (χ0n) is 18.6. The Hall–Kier alpha value is -2.04. The molecule has 1 N–H and O–H groups in total. The predicted molar refractivity (Wildman–Crippen MR) is 129 cm³/mol. The third-order valence-corrected chi connectivity index (χ3v) is 8.33. The topological polar surface area (TPSA) is 85.9 Å². The molecule has 2 aliphatic heterocycles. The van der Waals surface area contributed by atoms with Gasteiger partial charge in [0.2, 0.25) is 15.9 Å². The van der Waals surface area contributed by atoms with E-state index in [0.717, 1.165) is 57.7 Å². The first-order valence-corrected chi connectivity index (χ1v) is 13.2. The van der Waals surface area contributed by atoms with Crippen molar-refractivity contribution >= 4 is 33.2 Å². The summed E-state index contributed by atoms with van der Waals surface area (Å²) in [4.78, 5) is 21.6. The van der Waals surface area contributed by atoms with Gasteiger partial charge in [0.1, 0.15) is 0 Å². The van der Waals surface area contributed by atoms with Crippen LogP contribution in [-0.4, -0.2) is 79.2 Å². The highest BCUT2D eigenvalue weighted by Gasteiger charge is 2.27. The van der Waals surface area contributed by atoms with Crippen LogP contribution in [0.3, 0.4) is 0 Å². The number of sulfonamides is 1. The molecule has 1 aromatic heterocycles. The number of aromatic nitrogens is 1. The van der Waals surface area contributed by atoms with Gasteiger partial charge in [0.05, 0.1) is 27.8 Å². The molecule has 0 radical (unpaired) electrons. The summed E-state index contributed by atoms with van der Waals surface area (Å²) < 4.78 is 27.4. The minimum atomic E-state index is -3.59. The van der Waals surface area contributed by atoms with E-state index in [1.807, 2.05) is 18.2 Å². The number of rotatable bonds is 7. The number of carbonyl (C=O) groups excluding carboxylic acids is 1. The van der Waals surface area contributed by atoms with Crippen molar-refractivity contribution in [1.29, 1.82) is 0 Å². The molecule has 3 heterocycles. The second-order valence-corrected chi connectivity index (χ2v) is 10.9. The van der Waals surface area contributed by atoms with Crippen molar-refractivity contribution in [3.8, 4) is 0 Å². The lowest BCUT2D eigenvalue weighted by molar-refractivity contribution is -0.117. The highest BCUT2D eigenvalue weighted by molar-refractivity contribution is 7.89. The molecule has 4 rings (SSSR count). The largest absolute Gasteiger partial charge is 0.324 e. The van der Waals surface area contributed by atoms with E-state index in [9.17, 15) is 13.2 Å². The standard InChI is InChI=1S/C23H30ClN5O3S/c24-21-8-7-20(33(31,32)29-10-4-1-5-11-29)16-22(21)26-23(30)18-28-14-12-27(13-15-28)17-19-6-2-3-9-25-19/h2-3,6-9,16H,1,4-5,10-15,17-18H2,(H,26,30). The number of anilines is 1. The number of pyridine rings is 1. The van der Waals surface area contributed by atoms with E-state index in [0.29, 0.717) is 23.8 Å². The van der Waals surface area contributed by atoms with Crippen LogP contribution in [-0.2, 0) is 21.4 Å². The maximum absolute atomic E-state index is 13.0. The van der Waals surface area contributed by atoms with E-state index in [2.05, 4.69) is 20.1 Å². The van der Waals surface area contributed by atoms with E-state index in [1.165, 1.54) is 22.5 Å². The molecule has 33 heavy (non-hydrogen) atoms. The lowest BCUT2D eigenvalue weighted by atomic mass is 10.2. The van der Waals surface area contributed by atoms with Crippen LogP contribution in [0.5, 0.6) is 0 Å². The maximum atomic E-state index is 13.0. The Morgan fingerprint density at radius 1 is 0.970 bits per heavy atom. The number of halogens is 1. The van der Waals surface area contributed by atoms with Gasteiger partial charge in [0.15, 0.2) is 0 Å². The van der Waals surface area contributed by atoms with Crippen LogP contribution < -0.4 is 5.32 Å². The van der Waals surface area contributed by atoms with Gasteiger partial charge >= 0.3 is 0 Å². The van der Waals surface area contributed by atoms with Crippen molar-refractivity contribution in [1.82, 2.24) is 19.1 Å². The van der Waals surface area contributed by atoms with Crippen LogP contribution in [0.1, 0.15) is 25.0 Å². The number of benzene rings is 1. The zero-order chi connectivity index (χ0) is 23.3. The first kappa shape index (κ1) is 24.1. The van der Waals surface area contributed by atoms with Crippen molar-refractivity contribution in [3.63, 3.8) is 0 Å². The zero-order valence-corrected chi connectivity index (χ0v) is 20.2. The summed E-state index contributed by atoms with van der Waals surface area (Å²) >= 11 is 6.27. The summed E-state index contributed by atoms with van der Waals surface area (Å²) in [5.74, 6) is -0.206. The lowest BCUT2D eigenvalue weighted by Gasteiger charge is -2.34. The quantitative estimate of drug-likeness (QED) is 0.641. The number of nitrogens with zero attached hydrogens (tertiary/aromatic N) is 4. The number of piperazine rings is 1. The van der Waals surface area contributed by atoms with Gasteiger partial charge in [-0.2, -0.15) is 4.31 Å². The fourth-order valence-electron chi connectivity index (χ4n) is 4.23. The van der Waals surface area contributed by atoms with Crippen molar-refractivity contribution in [2.45, 2.75) is 30.7 Å². The van der Waals surface area contributed by atoms with Crippen molar-refractivity contribution in [2.75, 3.05) is 51.1 Å². The third-order valence-electron chi connectivity index (χ3n) is 6.11. The van der Waals surface area contributed by atoms with Crippen molar-refractivity contribution < 1.29 is 13.2 Å². The Kier molecular flexibility index (Phi) is 7.98. The summed E-state index contributed by atoms with van der Waals surface area (Å²) in [6.45, 7) is 5.35. The number of carbonyl (C=O) groups is 1. The Balaban J connectivity index is 1.32. The first-order valence-electron chi connectivity index (χ1n) is 11.4. The Labute approximate surface area is 200 Å². The lowest BCUT2D eigenvalue weighted by Crippen LogP contribution is -2.48. The normalized spacial score (nSPS) is 18.8. The molecule has 0 bridgehead atoms. The van der Waals surface area contributed by atoms with E-state index < -0.39 is 10.0 Å². The molecule has 2 aliphatic rings. The highest BCUT2D eigenvalue weighted by atomic mass is 35.5. The van der Waals surface area contributed by atoms with Gasteiger partial charge < -0.3 is 5.32 Å². The van der Waals surface area contributed by atoms with Crippen molar-refractivity contribution in [3.05, 3.63) is 53.3 Å². The molecule has 0 spiro atoms. The molecular weight excluding hydrogens is 462 g/mol. The molecule has 0 aliphatic carbocycles. The summed E-state index contributed by atoms with van der Waals surface area (Å²) in [6.07, 6.45) is 4.58. The number of piperidine rings is 1. The monoisotopic (exact) mass is 491 g/mol. The molecule has 0 atom stereocenters. The number of hydrogen-bond acceptors (Lipinski definition) is 6. The van der Waals surface area contributed by atoms with Crippen LogP contribution in [0.2, 0.25) is 5.02 Å². The highest BCUT2D eigenvalue weighted by Crippen LogP contribution is 2.28. The van der Waals surface area contributed by atoms with Crippen LogP contribution >= 0.6 is 11.6 Å². The summed E-state index contributed by atoms with van der Waals surface area (Å²) in [5.41, 5.74) is 1.37. The molecule has 1 aromatic carbocycles. The van der Waals surface area contributed by atoms with Crippen LogP contribution in [0.4, 0.5) is 5.69 Å². The molecule has 2 aromatic rings. The summed E-state index contributed by atoms with van der Waals surface area (Å²) in [6, 6.07) is 10.4. The summed E-state index contributed by atoms with van der Waals surface area (Å²) in [5, 5.41) is 3.13. The molecule has 0 saturated carbocycles. The van der Waals surface area contributed by atoms with Gasteiger partial charge in [0, 0.05) is 52.0 Å². The van der Waals surface area contributed by atoms with Gasteiger partial charge in [-0.25, -0.2) is 8.42 Å². The first-order chi connectivity index (χ1) is 15.9. The summed E-state index contributed by atoms with van der Waals surface area (Å²) in [7, 11) is -3.59. The van der Waals surface area contributed by atoms with Crippen LogP contribution in [0, 0.1) is 0 Å². The molecule has 1 amide bonds. The Morgan fingerprint density at radius 3 is 2.39 bits per heavy atom. The van der Waals surface area contributed by atoms with E-state index in [4.69, 9.17) is 11.6 Å². The second kappa shape index (κ2) is 10.9. The SMILES string of the molecule is O=C(CN1CCN(Cc2ccccn2)CC1)Nc1cc(S(=O)(=O)N2CCCCC2)ccc1Cl. The van der Waals surface area contributed by atoms with E-state index >= 15 is 0 Å². The minimum Gasteiger partial charge on any atom is -0.324 e. The molecule has 2 fully saturated rings. The van der Waals surface area contributed by atoms with Gasteiger partial charge in [0.25, 0.3) is 0 Å². The van der Waals surface area contributed by atoms with Gasteiger partial charge in [-0.15, -0.1) is 0 Å². The molecule has 178 valence electrons. The number of nitrogens with one attached hydrogen (secondary N) is 1. The Morgan fingerprint density at radius 2 is 1.70 bits per heavy atom. The van der Waals surface area contributed by atoms with Crippen LogP contribution in [0.25, 0.3) is 0 Å². The molecule has 8 nitrogen and oxygen atoms in total. The molecule has 0 unspecified atom stereocenters. The van der Waals surface area contributed by atoms with E-state index in [1.54, 1.807) is 6.20 Å². The number of hydrogen-bond donors (Lipinski definition) is 1. The van der Waals surface area contributed by atoms with E-state index in [-0.39, 0.29) is 17.3 Å². The average molecular weight is 492 g/mol. The minimum absolute atomic E-state index is 0.159. The fourth-order valence-corrected chi connectivity index (χ4v) is 5.94. The third kappa shape index (κ3) is 6.30. The van der Waals surface area contributed by atoms with Gasteiger partial charge in [-0.3, -0.25) is 19.6 Å². The fraction of sp³-hybridized carbons (Fsp3) is 0.478. The predicted octanol–water partition coefficient (Wildman–Crippen LogP) is 2.67. The second-order valence-electron chi connectivity index (χ2n) is 8.53. The maximum Gasteiger partial charge on any atom is 0.243 e. The Bertz CT molecular complexity index is 1050. The van der Waals surface area contributed by atoms with Gasteiger partial charge in [-0.05, 0) is 43.2 Å². The van der Waals surface area contributed by atoms with Gasteiger partial charge in [-0.1, -0.05) is 24.1 Å². The number of amides is 1. The smallest absolute Gasteiger partial charge is 0.243 e. The molecular formula is C23H30ClN5O3S. The van der Waals surface area contributed by atoms with Crippen LogP contribution in [0.15, 0.2) is 47.5 Å². The molecule has 10 heteroatoms. The van der Waals surface area contributed by atoms with Crippen molar-refractivity contribution in [2.24, 2.45) is 0 Å². The average Bonchev–Trinajstić information content (AvgIpc) is 2.83.